The van der Waals surface area contributed by atoms with Crippen molar-refractivity contribution in [2.24, 2.45) is 0 Å². The van der Waals surface area contributed by atoms with Crippen LogP contribution in [0.3, 0.4) is 0 Å². The molecule has 0 bridgehead atoms. The van der Waals surface area contributed by atoms with E-state index in [2.05, 4.69) is 15.9 Å². The number of carbonyl (C=O) groups is 1. The van der Waals surface area contributed by atoms with Gasteiger partial charge in [-0.15, -0.1) is 0 Å². The Kier molecular flexibility index (Phi) is 7.17. The van der Waals surface area contributed by atoms with Gasteiger partial charge in [0.1, 0.15) is 5.25 Å². The lowest BCUT2D eigenvalue weighted by molar-refractivity contribution is -0.142. The van der Waals surface area contributed by atoms with Gasteiger partial charge in [-0.2, -0.15) is 11.8 Å². The second-order valence-electron chi connectivity index (χ2n) is 1.95. The largest absolute Gasteiger partial charge is 0.465 e. The van der Waals surface area contributed by atoms with Crippen LogP contribution >= 0.6 is 27.7 Å². The molecule has 0 aliphatic carbocycles. The number of carbonyl (C=O) groups excluding carboxylic acids is 1. The molecule has 0 spiro atoms. The van der Waals surface area contributed by atoms with Crippen molar-refractivity contribution in [2.75, 3.05) is 18.2 Å². The number of rotatable bonds is 5. The Morgan fingerprint density at radius 2 is 2.36 bits per heavy atom. The van der Waals surface area contributed by atoms with Gasteiger partial charge in [-0.3, -0.25) is 4.79 Å². The molecule has 4 heteroatoms. The van der Waals surface area contributed by atoms with Gasteiger partial charge in [-0.05, 0) is 19.6 Å². The van der Waals surface area contributed by atoms with Gasteiger partial charge in [0.05, 0.1) is 6.61 Å². The first-order valence-electron chi connectivity index (χ1n) is 3.51. The highest BCUT2D eigenvalue weighted by Gasteiger charge is 2.16. The molecule has 0 saturated carbocycles. The molecule has 1 unspecified atom stereocenters. The molecule has 0 aromatic carbocycles. The first-order chi connectivity index (χ1) is 5.26. The van der Waals surface area contributed by atoms with Crippen LogP contribution in [-0.2, 0) is 9.53 Å². The zero-order valence-corrected chi connectivity index (χ0v) is 9.20. The average molecular weight is 241 g/mol. The molecule has 0 amide bonds. The number of thioether (sulfide) groups is 1. The number of ether oxygens (including phenoxy) is 1. The Balaban J connectivity index is 3.71. The summed E-state index contributed by atoms with van der Waals surface area (Å²) in [6, 6.07) is 0. The van der Waals surface area contributed by atoms with E-state index in [-0.39, 0.29) is 11.2 Å². The van der Waals surface area contributed by atoms with Crippen molar-refractivity contribution in [1.29, 1.82) is 0 Å². The zero-order chi connectivity index (χ0) is 8.69. The van der Waals surface area contributed by atoms with Crippen LogP contribution in [0.2, 0.25) is 0 Å². The predicted octanol–water partition coefficient (Wildman–Crippen LogP) is 2.07. The normalized spacial score (nSPS) is 12.6. The summed E-state index contributed by atoms with van der Waals surface area (Å²) in [4.78, 5) is 11.1. The standard InChI is InChI=1S/C7H13BrO2S/c1-3-10-7(9)6(11-2)4-5-8/h6H,3-5H2,1-2H3. The van der Waals surface area contributed by atoms with Crippen molar-refractivity contribution in [3.8, 4) is 0 Å². The third-order valence-electron chi connectivity index (χ3n) is 1.21. The molecule has 0 fully saturated rings. The van der Waals surface area contributed by atoms with Crippen molar-refractivity contribution < 1.29 is 9.53 Å². The summed E-state index contributed by atoms with van der Waals surface area (Å²) in [7, 11) is 0. The van der Waals surface area contributed by atoms with E-state index < -0.39 is 0 Å². The van der Waals surface area contributed by atoms with Crippen molar-refractivity contribution >= 4 is 33.7 Å². The van der Waals surface area contributed by atoms with Gasteiger partial charge >= 0.3 is 5.97 Å². The zero-order valence-electron chi connectivity index (χ0n) is 6.80. The third-order valence-corrected chi connectivity index (χ3v) is 2.66. The summed E-state index contributed by atoms with van der Waals surface area (Å²) in [5.74, 6) is -0.0977. The topological polar surface area (TPSA) is 26.3 Å². The van der Waals surface area contributed by atoms with E-state index in [1.807, 2.05) is 13.2 Å². The maximum absolute atomic E-state index is 11.1. The van der Waals surface area contributed by atoms with Crippen molar-refractivity contribution in [3.63, 3.8) is 0 Å². The Morgan fingerprint density at radius 3 is 2.73 bits per heavy atom. The van der Waals surface area contributed by atoms with E-state index in [9.17, 15) is 4.79 Å². The number of hydrogen-bond acceptors (Lipinski definition) is 3. The van der Waals surface area contributed by atoms with Gasteiger partial charge in [0.15, 0.2) is 0 Å². The van der Waals surface area contributed by atoms with Gasteiger partial charge < -0.3 is 4.74 Å². The summed E-state index contributed by atoms with van der Waals surface area (Å²) in [5, 5.41) is 0.839. The molecule has 0 aliphatic rings. The second-order valence-corrected chi connectivity index (χ2v) is 3.79. The summed E-state index contributed by atoms with van der Waals surface area (Å²) in [6.45, 7) is 2.29. The first-order valence-corrected chi connectivity index (χ1v) is 5.92. The molecular weight excluding hydrogens is 228 g/mol. The second kappa shape index (κ2) is 6.98. The molecule has 0 heterocycles. The van der Waals surface area contributed by atoms with Gasteiger partial charge in [-0.25, -0.2) is 0 Å². The van der Waals surface area contributed by atoms with Crippen LogP contribution in [-0.4, -0.2) is 29.4 Å². The molecule has 1 atom stereocenters. The fraction of sp³-hybridized carbons (Fsp3) is 0.857. The Labute approximate surface area is 80.2 Å². The van der Waals surface area contributed by atoms with Crippen molar-refractivity contribution in [2.45, 2.75) is 18.6 Å². The lowest BCUT2D eigenvalue weighted by atomic mass is 10.3. The molecular formula is C7H13BrO2S. The van der Waals surface area contributed by atoms with Crippen molar-refractivity contribution in [3.05, 3.63) is 0 Å². The quantitative estimate of drug-likeness (QED) is 0.544. The molecule has 2 nitrogen and oxygen atoms in total. The molecule has 0 aromatic heterocycles. The maximum Gasteiger partial charge on any atom is 0.319 e. The van der Waals surface area contributed by atoms with Crippen LogP contribution in [0.1, 0.15) is 13.3 Å². The molecule has 66 valence electrons. The maximum atomic E-state index is 11.1. The van der Waals surface area contributed by atoms with E-state index in [0.29, 0.717) is 6.61 Å². The van der Waals surface area contributed by atoms with Crippen molar-refractivity contribution in [1.82, 2.24) is 0 Å². The minimum absolute atomic E-state index is 0.00525. The summed E-state index contributed by atoms with van der Waals surface area (Å²) < 4.78 is 4.87. The highest BCUT2D eigenvalue weighted by molar-refractivity contribution is 9.09. The highest BCUT2D eigenvalue weighted by atomic mass is 79.9. The van der Waals surface area contributed by atoms with Crippen LogP contribution in [0.5, 0.6) is 0 Å². The van der Waals surface area contributed by atoms with Crippen LogP contribution in [0.25, 0.3) is 0 Å². The molecule has 0 N–H and O–H groups in total. The van der Waals surface area contributed by atoms with Gasteiger partial charge in [-0.1, -0.05) is 15.9 Å². The molecule has 0 saturated heterocycles. The third kappa shape index (κ3) is 4.69. The monoisotopic (exact) mass is 240 g/mol. The highest BCUT2D eigenvalue weighted by Crippen LogP contribution is 2.13. The first kappa shape index (κ1) is 11.3. The van der Waals surface area contributed by atoms with Crippen LogP contribution in [0, 0.1) is 0 Å². The van der Waals surface area contributed by atoms with Crippen LogP contribution in [0.15, 0.2) is 0 Å². The minimum atomic E-state index is -0.0977. The fourth-order valence-electron chi connectivity index (χ4n) is 0.666. The smallest absolute Gasteiger partial charge is 0.319 e. The summed E-state index contributed by atoms with van der Waals surface area (Å²) in [6.07, 6.45) is 2.75. The molecule has 0 aliphatic heterocycles. The van der Waals surface area contributed by atoms with Gasteiger partial charge in [0.25, 0.3) is 0 Å². The number of esters is 1. The molecule has 0 aromatic rings. The Bertz CT molecular complexity index is 119. The van der Waals surface area contributed by atoms with Crippen LogP contribution in [0.4, 0.5) is 0 Å². The minimum Gasteiger partial charge on any atom is -0.465 e. The summed E-state index contributed by atoms with van der Waals surface area (Å²) >= 11 is 4.83. The molecule has 11 heavy (non-hydrogen) atoms. The number of hydrogen-bond donors (Lipinski definition) is 0. The van der Waals surface area contributed by atoms with Gasteiger partial charge in [0, 0.05) is 5.33 Å². The SMILES string of the molecule is CCOC(=O)C(CCBr)SC. The lowest BCUT2D eigenvalue weighted by Crippen LogP contribution is -2.20. The summed E-state index contributed by atoms with van der Waals surface area (Å²) in [5.41, 5.74) is 0. The van der Waals surface area contributed by atoms with E-state index >= 15 is 0 Å². The fourth-order valence-corrected chi connectivity index (χ4v) is 2.04. The number of halogens is 1. The number of alkyl halides is 1. The van der Waals surface area contributed by atoms with Gasteiger partial charge in [0.2, 0.25) is 0 Å². The van der Waals surface area contributed by atoms with E-state index in [0.717, 1.165) is 11.8 Å². The van der Waals surface area contributed by atoms with E-state index in [1.54, 1.807) is 0 Å². The average Bonchev–Trinajstić information content (AvgIpc) is 2.00. The van der Waals surface area contributed by atoms with Crippen LogP contribution < -0.4 is 0 Å². The Morgan fingerprint density at radius 1 is 1.73 bits per heavy atom. The predicted molar refractivity (Wildman–Crippen MR) is 52.3 cm³/mol. The molecule has 0 rings (SSSR count). The van der Waals surface area contributed by atoms with E-state index in [1.165, 1.54) is 11.8 Å². The lowest BCUT2D eigenvalue weighted by Gasteiger charge is -2.10. The molecule has 0 radical (unpaired) electrons. The Hall–Kier alpha value is 0.300. The van der Waals surface area contributed by atoms with E-state index in [4.69, 9.17) is 4.74 Å².